The van der Waals surface area contributed by atoms with Crippen LogP contribution < -0.4 is 9.47 Å². The summed E-state index contributed by atoms with van der Waals surface area (Å²) in [4.78, 5) is 30.5. The Bertz CT molecular complexity index is 1100. The van der Waals surface area contributed by atoms with Crippen molar-refractivity contribution in [3.05, 3.63) is 58.7 Å². The average molecular weight is 513 g/mol. The Morgan fingerprint density at radius 1 is 1.05 bits per heavy atom. The molecule has 1 aliphatic rings. The minimum absolute atomic E-state index is 0.0120. The molecule has 8 nitrogen and oxygen atoms in total. The number of hydrogen-bond acceptors (Lipinski definition) is 7. The molecule has 8 heteroatoms. The van der Waals surface area contributed by atoms with Crippen LogP contribution >= 0.6 is 0 Å². The molecule has 1 unspecified atom stereocenters. The highest BCUT2D eigenvalue weighted by Gasteiger charge is 2.44. The maximum absolute atomic E-state index is 13.5. The number of nitrogens with zero attached hydrogens (tertiary/aromatic N) is 2. The number of Topliss-reactive ketones (excluding diaryl/α,β-unsaturated/α-hetero) is 1. The van der Waals surface area contributed by atoms with Crippen LogP contribution in [0.3, 0.4) is 0 Å². The summed E-state index contributed by atoms with van der Waals surface area (Å²) in [6.45, 7) is 13.5. The summed E-state index contributed by atoms with van der Waals surface area (Å²) in [6.07, 6.45) is 3.12. The summed E-state index contributed by atoms with van der Waals surface area (Å²) >= 11 is 0. The second-order valence-corrected chi connectivity index (χ2v) is 9.12. The summed E-state index contributed by atoms with van der Waals surface area (Å²) in [5.74, 6) is 0.201. The molecule has 1 aromatic carbocycles. The quantitative estimate of drug-likeness (QED) is 0.250. The van der Waals surface area contributed by atoms with Gasteiger partial charge >= 0.3 is 0 Å². The molecule has 0 radical (unpaired) electrons. The van der Waals surface area contributed by atoms with Crippen LogP contribution in [0.1, 0.15) is 74.9 Å². The zero-order valence-electron chi connectivity index (χ0n) is 22.7. The van der Waals surface area contributed by atoms with Crippen molar-refractivity contribution in [3.63, 3.8) is 0 Å². The molecule has 2 heterocycles. The minimum atomic E-state index is -0.783. The van der Waals surface area contributed by atoms with Crippen molar-refractivity contribution in [1.29, 1.82) is 0 Å². The first kappa shape index (κ1) is 28.3. The van der Waals surface area contributed by atoms with Crippen LogP contribution in [0.4, 0.5) is 0 Å². The zero-order valence-corrected chi connectivity index (χ0v) is 22.7. The van der Waals surface area contributed by atoms with Crippen molar-refractivity contribution >= 4 is 11.7 Å². The molecule has 0 aliphatic carbocycles. The number of aliphatic hydroxyl groups excluding tert-OH is 1. The van der Waals surface area contributed by atoms with Gasteiger partial charge in [-0.2, -0.15) is 0 Å². The second-order valence-electron chi connectivity index (χ2n) is 9.12. The Kier molecular flexibility index (Phi) is 10.2. The van der Waals surface area contributed by atoms with Crippen LogP contribution in [0.5, 0.6) is 11.5 Å². The van der Waals surface area contributed by atoms with E-state index in [0.717, 1.165) is 32.4 Å². The third-order valence-corrected chi connectivity index (χ3v) is 6.65. The van der Waals surface area contributed by atoms with E-state index in [0.29, 0.717) is 49.1 Å². The number of benzene rings is 1. The number of hydrogen-bond donors (Lipinski definition) is 1. The van der Waals surface area contributed by atoms with Gasteiger partial charge in [-0.1, -0.05) is 39.7 Å². The van der Waals surface area contributed by atoms with E-state index in [-0.39, 0.29) is 11.3 Å². The molecule has 3 rings (SSSR count). The summed E-state index contributed by atoms with van der Waals surface area (Å²) in [6, 6.07) is 7.92. The van der Waals surface area contributed by atoms with Gasteiger partial charge in [-0.05, 0) is 63.2 Å². The Labute approximate surface area is 219 Å². The minimum Gasteiger partial charge on any atom is -0.503 e. The molecule has 37 heavy (non-hydrogen) atoms. The number of amides is 1. The van der Waals surface area contributed by atoms with E-state index in [2.05, 4.69) is 25.7 Å². The van der Waals surface area contributed by atoms with Gasteiger partial charge in [-0.15, -0.1) is 0 Å². The molecule has 1 N–H and O–H groups in total. The number of carbonyl (C=O) groups excluding carboxylic acids is 2. The van der Waals surface area contributed by atoms with Crippen molar-refractivity contribution in [1.82, 2.24) is 9.80 Å². The van der Waals surface area contributed by atoms with E-state index in [9.17, 15) is 14.7 Å². The number of aliphatic hydroxyl groups is 1. The number of rotatable bonds is 15. The normalized spacial score (nSPS) is 15.7. The van der Waals surface area contributed by atoms with E-state index >= 15 is 0 Å². The van der Waals surface area contributed by atoms with Crippen LogP contribution in [0, 0.1) is 6.92 Å². The fraction of sp³-hybridized carbons (Fsp3) is 0.517. The van der Waals surface area contributed by atoms with E-state index in [1.54, 1.807) is 30.0 Å². The van der Waals surface area contributed by atoms with E-state index in [1.807, 2.05) is 19.1 Å². The van der Waals surface area contributed by atoms with Gasteiger partial charge in [0.25, 0.3) is 5.91 Å². The third-order valence-electron chi connectivity index (χ3n) is 6.65. The van der Waals surface area contributed by atoms with Crippen molar-refractivity contribution in [3.8, 4) is 11.5 Å². The first-order valence-corrected chi connectivity index (χ1v) is 13.3. The predicted molar refractivity (Wildman–Crippen MR) is 142 cm³/mol. The van der Waals surface area contributed by atoms with Gasteiger partial charge in [-0.3, -0.25) is 9.59 Å². The number of unbranched alkanes of at least 4 members (excludes halogenated alkanes) is 2. The molecule has 1 aliphatic heterocycles. The lowest BCUT2D eigenvalue weighted by atomic mass is 9.94. The lowest BCUT2D eigenvalue weighted by Gasteiger charge is -2.29. The van der Waals surface area contributed by atoms with Crippen LogP contribution in [-0.2, 0) is 4.79 Å². The largest absolute Gasteiger partial charge is 0.503 e. The van der Waals surface area contributed by atoms with Crippen molar-refractivity contribution in [2.75, 3.05) is 39.4 Å². The fourth-order valence-electron chi connectivity index (χ4n) is 4.56. The van der Waals surface area contributed by atoms with Crippen molar-refractivity contribution in [2.45, 2.75) is 59.9 Å². The first-order chi connectivity index (χ1) is 17.9. The summed E-state index contributed by atoms with van der Waals surface area (Å²) in [5.41, 5.74) is 0.672. The number of ether oxygens (including phenoxy) is 2. The molecular weight excluding hydrogens is 472 g/mol. The van der Waals surface area contributed by atoms with Gasteiger partial charge in [0.1, 0.15) is 5.76 Å². The van der Waals surface area contributed by atoms with Gasteiger partial charge in [-0.25, -0.2) is 0 Å². The van der Waals surface area contributed by atoms with E-state index in [4.69, 9.17) is 13.9 Å². The van der Waals surface area contributed by atoms with E-state index in [1.165, 1.54) is 0 Å². The summed E-state index contributed by atoms with van der Waals surface area (Å²) < 4.78 is 17.4. The van der Waals surface area contributed by atoms with Crippen LogP contribution in [0.15, 0.2) is 46.1 Å². The van der Waals surface area contributed by atoms with Gasteiger partial charge in [0.05, 0.1) is 24.8 Å². The average Bonchev–Trinajstić information content (AvgIpc) is 3.44. The lowest BCUT2D eigenvalue weighted by Crippen LogP contribution is -2.38. The molecule has 0 saturated carbocycles. The maximum Gasteiger partial charge on any atom is 0.290 e. The molecule has 1 aromatic heterocycles. The van der Waals surface area contributed by atoms with Crippen molar-refractivity contribution < 1.29 is 28.6 Å². The van der Waals surface area contributed by atoms with Gasteiger partial charge in [0.2, 0.25) is 5.78 Å². The standard InChI is InChI=1S/C29H40N2O6/c1-6-10-11-18-36-22-15-13-21(19-24(22)35-9-4)26-25(27(32)23-14-12-20(5)37-23)28(33)29(34)31(26)17-16-30(7-2)8-3/h12-15,19,26,33H,6-11,16-18H2,1-5H3. The number of carbonyl (C=O) groups is 2. The molecular formula is C29H40N2O6. The Morgan fingerprint density at radius 3 is 2.43 bits per heavy atom. The third kappa shape index (κ3) is 6.55. The fourth-order valence-corrected chi connectivity index (χ4v) is 4.56. The Hall–Kier alpha value is -3.26. The highest BCUT2D eigenvalue weighted by molar-refractivity contribution is 6.15. The highest BCUT2D eigenvalue weighted by Crippen LogP contribution is 2.42. The zero-order chi connectivity index (χ0) is 26.9. The van der Waals surface area contributed by atoms with Gasteiger partial charge in [0, 0.05) is 13.1 Å². The monoisotopic (exact) mass is 512 g/mol. The smallest absolute Gasteiger partial charge is 0.290 e. The molecule has 1 atom stereocenters. The SMILES string of the molecule is CCCCCOc1ccc(C2C(C(=O)c3ccc(C)o3)=C(O)C(=O)N2CCN(CC)CC)cc1OCC. The number of likely N-dealkylation sites (N-methyl/N-ethyl adjacent to an activating group) is 1. The Morgan fingerprint density at radius 2 is 1.81 bits per heavy atom. The predicted octanol–water partition coefficient (Wildman–Crippen LogP) is 5.48. The van der Waals surface area contributed by atoms with Crippen LogP contribution in [-0.4, -0.2) is 66.0 Å². The summed E-state index contributed by atoms with van der Waals surface area (Å²) in [7, 11) is 0. The molecule has 1 amide bonds. The first-order valence-electron chi connectivity index (χ1n) is 13.3. The van der Waals surface area contributed by atoms with Crippen molar-refractivity contribution in [2.24, 2.45) is 0 Å². The topological polar surface area (TPSA) is 92.5 Å². The van der Waals surface area contributed by atoms with Gasteiger partial charge < -0.3 is 28.8 Å². The Balaban J connectivity index is 2.01. The molecule has 0 saturated heterocycles. The second kappa shape index (κ2) is 13.3. The number of furan rings is 1. The van der Waals surface area contributed by atoms with Crippen LogP contribution in [0.25, 0.3) is 0 Å². The number of ketones is 1. The number of aryl methyl sites for hydroxylation is 1. The molecule has 2 aromatic rings. The highest BCUT2D eigenvalue weighted by atomic mass is 16.5. The summed E-state index contributed by atoms with van der Waals surface area (Å²) in [5, 5.41) is 10.9. The van der Waals surface area contributed by atoms with E-state index < -0.39 is 23.5 Å². The molecule has 0 spiro atoms. The maximum atomic E-state index is 13.5. The van der Waals surface area contributed by atoms with Crippen LogP contribution in [0.2, 0.25) is 0 Å². The molecule has 0 bridgehead atoms. The molecule has 0 fully saturated rings. The van der Waals surface area contributed by atoms with Gasteiger partial charge in [0.15, 0.2) is 23.0 Å². The molecule has 202 valence electrons. The lowest BCUT2D eigenvalue weighted by molar-refractivity contribution is -0.129.